The van der Waals surface area contributed by atoms with Gasteiger partial charge >= 0.3 is 12.8 Å². The van der Waals surface area contributed by atoms with Gasteiger partial charge in [0, 0.05) is 6.04 Å². The van der Waals surface area contributed by atoms with Crippen LogP contribution < -0.4 is 5.73 Å². The Bertz CT molecular complexity index is 273. The third kappa shape index (κ3) is 10.3. The van der Waals surface area contributed by atoms with E-state index in [0.717, 1.165) is 37.7 Å². The van der Waals surface area contributed by atoms with Crippen LogP contribution in [0.2, 0.25) is 0 Å². The minimum absolute atomic E-state index is 0.218. The van der Waals surface area contributed by atoms with E-state index in [0.29, 0.717) is 0 Å². The fourth-order valence-electron chi connectivity index (χ4n) is 1.38. The monoisotopic (exact) mass is 267 g/mol. The molecule has 3 nitrogen and oxygen atoms in total. The van der Waals surface area contributed by atoms with E-state index in [1.165, 1.54) is 6.20 Å². The molecule has 0 aromatic heterocycles. The van der Waals surface area contributed by atoms with Gasteiger partial charge in [-0.15, -0.1) is 4.54 Å². The van der Waals surface area contributed by atoms with Gasteiger partial charge in [0.25, 0.3) is 0 Å². The van der Waals surface area contributed by atoms with Crippen LogP contribution >= 0.6 is 0 Å². The van der Waals surface area contributed by atoms with Gasteiger partial charge in [0.15, 0.2) is 0 Å². The number of nitroso groups, excluding NO2 is 1. The molecule has 0 radical (unpaired) electrons. The first-order valence-electron chi connectivity index (χ1n) is 6.20. The molecule has 0 aromatic rings. The number of alkyl halides is 3. The minimum atomic E-state index is -4.35. The van der Waals surface area contributed by atoms with Gasteiger partial charge in [-0.3, -0.25) is 0 Å². The fourth-order valence-corrected chi connectivity index (χ4v) is 1.38. The zero-order valence-corrected chi connectivity index (χ0v) is 11.0. The first-order valence-corrected chi connectivity index (χ1v) is 6.20. The second kappa shape index (κ2) is 9.08. The van der Waals surface area contributed by atoms with Gasteiger partial charge < -0.3 is 5.73 Å². The van der Waals surface area contributed by atoms with Crippen LogP contribution in [0.5, 0.6) is 0 Å². The van der Waals surface area contributed by atoms with E-state index in [9.17, 15) is 13.2 Å². The number of unbranched alkanes of at least 4 members (excludes halogenated alkanes) is 3. The summed E-state index contributed by atoms with van der Waals surface area (Å²) in [7, 11) is 0. The Hall–Kier alpha value is -0.910. The van der Waals surface area contributed by atoms with Gasteiger partial charge in [0.2, 0.25) is 0 Å². The van der Waals surface area contributed by atoms with Crippen LogP contribution in [-0.2, 0) is 0 Å². The van der Waals surface area contributed by atoms with E-state index >= 15 is 0 Å². The van der Waals surface area contributed by atoms with Gasteiger partial charge in [-0.05, 0) is 25.3 Å². The number of hydrogen-bond donors (Lipinski definition) is 1. The van der Waals surface area contributed by atoms with Crippen LogP contribution in [0.3, 0.4) is 0 Å². The van der Waals surface area contributed by atoms with E-state index in [-0.39, 0.29) is 6.04 Å². The first-order chi connectivity index (χ1) is 8.37. The second-order valence-corrected chi connectivity index (χ2v) is 4.30. The lowest BCUT2D eigenvalue weighted by Gasteiger charge is -2.08. The molecule has 0 fully saturated rings. The van der Waals surface area contributed by atoms with Crippen LogP contribution in [-0.4, -0.2) is 18.8 Å². The van der Waals surface area contributed by atoms with Crippen molar-refractivity contribution in [2.75, 3.05) is 6.61 Å². The summed E-state index contributed by atoms with van der Waals surface area (Å²) in [6.07, 6.45) is 2.04. The summed E-state index contributed by atoms with van der Waals surface area (Å²) < 4.78 is 39.6. The zero-order valence-electron chi connectivity index (χ0n) is 11.0. The summed E-state index contributed by atoms with van der Waals surface area (Å²) in [5.41, 5.74) is 6.53. The van der Waals surface area contributed by atoms with Crippen molar-refractivity contribution in [3.8, 4) is 0 Å². The van der Waals surface area contributed by atoms with Crippen molar-refractivity contribution in [3.05, 3.63) is 16.3 Å². The Morgan fingerprint density at radius 3 is 2.50 bits per heavy atom. The van der Waals surface area contributed by atoms with Gasteiger partial charge in [-0.2, -0.15) is 13.2 Å². The van der Waals surface area contributed by atoms with Gasteiger partial charge in [-0.1, -0.05) is 26.2 Å². The lowest BCUT2D eigenvalue weighted by atomic mass is 10.0. The van der Waals surface area contributed by atoms with E-state index < -0.39 is 12.8 Å². The van der Waals surface area contributed by atoms with Crippen LogP contribution in [0.25, 0.3) is 0 Å². The Morgan fingerprint density at radius 2 is 2.00 bits per heavy atom. The smallest absolute Gasteiger partial charge is 0.324 e. The summed E-state index contributed by atoms with van der Waals surface area (Å²) in [4.78, 5) is 0. The third-order valence-corrected chi connectivity index (χ3v) is 2.43. The highest BCUT2D eigenvalue weighted by Gasteiger charge is 2.35. The van der Waals surface area contributed by atoms with Gasteiger partial charge in [0.1, 0.15) is 11.4 Å². The molecule has 0 saturated heterocycles. The van der Waals surface area contributed by atoms with E-state index in [4.69, 9.17) is 5.73 Å². The van der Waals surface area contributed by atoms with Crippen LogP contribution in [0.15, 0.2) is 16.9 Å². The SMILES string of the molecule is CCCCCCC(=CN=[O+]CC(F)(F)F)C(C)N. The number of nitrogens with two attached hydrogens (primary N) is 1. The molecule has 0 spiro atoms. The van der Waals surface area contributed by atoms with Gasteiger partial charge in [0.05, 0.1) is 0 Å². The average Bonchev–Trinajstić information content (AvgIpc) is 2.25. The Balaban J connectivity index is 4.16. The molecule has 0 aromatic carbocycles. The Kier molecular flexibility index (Phi) is 8.62. The molecule has 0 heterocycles. The molecular formula is C12H22F3N2O+. The molecule has 1 atom stereocenters. The molecule has 0 rings (SSSR count). The predicted molar refractivity (Wildman–Crippen MR) is 67.2 cm³/mol. The summed E-state index contributed by atoms with van der Waals surface area (Å²) in [6, 6.07) is -0.218. The normalized spacial score (nSPS) is 15.3. The Labute approximate surface area is 106 Å². The topological polar surface area (TPSA) is 49.7 Å². The number of halogens is 3. The molecule has 0 aliphatic rings. The highest BCUT2D eigenvalue weighted by molar-refractivity contribution is 5.08. The van der Waals surface area contributed by atoms with E-state index in [2.05, 4.69) is 16.6 Å². The average molecular weight is 267 g/mol. The lowest BCUT2D eigenvalue weighted by Crippen LogP contribution is -2.18. The predicted octanol–water partition coefficient (Wildman–Crippen LogP) is 4.05. The summed E-state index contributed by atoms with van der Waals surface area (Å²) in [5, 5.41) is 3.32. The van der Waals surface area contributed by atoms with Crippen molar-refractivity contribution in [1.29, 1.82) is 0 Å². The van der Waals surface area contributed by atoms with Crippen molar-refractivity contribution < 1.29 is 13.2 Å². The summed E-state index contributed by atoms with van der Waals surface area (Å²) >= 11 is 0. The lowest BCUT2D eigenvalue weighted by molar-refractivity contribution is -0.112. The Morgan fingerprint density at radius 1 is 1.33 bits per heavy atom. The highest BCUT2D eigenvalue weighted by atomic mass is 19.4. The molecule has 0 aliphatic heterocycles. The third-order valence-electron chi connectivity index (χ3n) is 2.43. The van der Waals surface area contributed by atoms with Crippen molar-refractivity contribution in [2.24, 2.45) is 10.9 Å². The quantitative estimate of drug-likeness (QED) is 0.523. The maximum absolute atomic E-state index is 11.8. The molecule has 6 heteroatoms. The van der Waals surface area contributed by atoms with Crippen molar-refractivity contribution in [2.45, 2.75) is 58.2 Å². The standard InChI is InChI=1S/C12H22F3N2O/c1-3-4-5-6-7-11(10(2)16)8-17-18-9-12(13,14)15/h8,10H,3-7,9,16H2,1-2H3/q+1. The largest absolute Gasteiger partial charge is 0.483 e. The van der Waals surface area contributed by atoms with Crippen LogP contribution in [0.4, 0.5) is 13.2 Å². The van der Waals surface area contributed by atoms with Crippen molar-refractivity contribution >= 4 is 0 Å². The van der Waals surface area contributed by atoms with E-state index in [1.807, 2.05) is 0 Å². The number of rotatable bonds is 8. The molecule has 1 unspecified atom stereocenters. The number of nitrogens with zero attached hydrogens (tertiary/aromatic N) is 1. The molecule has 0 aliphatic carbocycles. The van der Waals surface area contributed by atoms with E-state index in [1.54, 1.807) is 6.92 Å². The molecular weight excluding hydrogens is 245 g/mol. The highest BCUT2D eigenvalue weighted by Crippen LogP contribution is 2.15. The van der Waals surface area contributed by atoms with Crippen LogP contribution in [0.1, 0.15) is 46.0 Å². The molecule has 0 bridgehead atoms. The maximum Gasteiger partial charge on any atom is 0.483 e. The number of hydrogen-bond acceptors (Lipinski definition) is 2. The summed E-state index contributed by atoms with van der Waals surface area (Å²) in [5.74, 6) is 0. The maximum atomic E-state index is 11.8. The molecule has 18 heavy (non-hydrogen) atoms. The fraction of sp³-hybridized carbons (Fsp3) is 0.833. The van der Waals surface area contributed by atoms with Crippen molar-refractivity contribution in [1.82, 2.24) is 0 Å². The first kappa shape index (κ1) is 17.1. The van der Waals surface area contributed by atoms with Gasteiger partial charge in [-0.25, -0.2) is 0 Å². The molecule has 2 N–H and O–H groups in total. The van der Waals surface area contributed by atoms with Crippen molar-refractivity contribution in [3.63, 3.8) is 0 Å². The summed E-state index contributed by atoms with van der Waals surface area (Å²) in [6.45, 7) is 2.53. The second-order valence-electron chi connectivity index (χ2n) is 4.30. The van der Waals surface area contributed by atoms with Crippen LogP contribution in [0, 0.1) is 4.54 Å². The minimum Gasteiger partial charge on any atom is -0.324 e. The molecule has 0 saturated carbocycles. The zero-order chi connectivity index (χ0) is 14.0. The molecule has 0 amide bonds. The molecule has 106 valence electrons.